The molecule has 0 radical (unpaired) electrons. The summed E-state index contributed by atoms with van der Waals surface area (Å²) in [7, 11) is 0. The number of pyridine rings is 1. The summed E-state index contributed by atoms with van der Waals surface area (Å²) in [4.78, 5) is 33.6. The molecule has 132 valence electrons. The van der Waals surface area contributed by atoms with Crippen LogP contribution < -0.4 is 5.32 Å². The number of urea groups is 1. The van der Waals surface area contributed by atoms with E-state index in [9.17, 15) is 9.59 Å². The molecule has 3 heterocycles. The van der Waals surface area contributed by atoms with Crippen molar-refractivity contribution < 1.29 is 9.59 Å². The predicted molar refractivity (Wildman–Crippen MR) is 97.3 cm³/mol. The third-order valence-corrected chi connectivity index (χ3v) is 5.08. The van der Waals surface area contributed by atoms with Crippen molar-refractivity contribution in [1.29, 1.82) is 0 Å². The lowest BCUT2D eigenvalue weighted by atomic mass is 10.2. The molecule has 0 atom stereocenters. The summed E-state index contributed by atoms with van der Waals surface area (Å²) in [5.74, 6) is 0.0915. The maximum Gasteiger partial charge on any atom is 0.317 e. The fourth-order valence-electron chi connectivity index (χ4n) is 2.85. The molecule has 6 nitrogen and oxygen atoms in total. The monoisotopic (exact) mass is 358 g/mol. The molecular formula is C18H22N4O2S. The number of carbonyl (C=O) groups excluding carboxylic acids is 2. The first-order chi connectivity index (χ1) is 12.2. The molecule has 2 aromatic heterocycles. The van der Waals surface area contributed by atoms with Crippen molar-refractivity contribution in [1.82, 2.24) is 20.1 Å². The zero-order valence-electron chi connectivity index (χ0n) is 14.1. The molecule has 1 saturated heterocycles. The highest BCUT2D eigenvalue weighted by Crippen LogP contribution is 2.09. The van der Waals surface area contributed by atoms with Crippen LogP contribution in [0.1, 0.15) is 16.9 Å². The number of rotatable bonds is 4. The highest BCUT2D eigenvalue weighted by atomic mass is 32.1. The summed E-state index contributed by atoms with van der Waals surface area (Å²) >= 11 is 1.63. The van der Waals surface area contributed by atoms with Crippen molar-refractivity contribution in [2.24, 2.45) is 0 Å². The van der Waals surface area contributed by atoms with Gasteiger partial charge in [-0.3, -0.25) is 9.78 Å². The maximum absolute atomic E-state index is 12.5. The van der Waals surface area contributed by atoms with Crippen LogP contribution in [0.3, 0.4) is 0 Å². The quantitative estimate of drug-likeness (QED) is 0.911. The van der Waals surface area contributed by atoms with Gasteiger partial charge in [0.1, 0.15) is 0 Å². The molecule has 3 amide bonds. The van der Waals surface area contributed by atoms with Gasteiger partial charge in [-0.2, -0.15) is 0 Å². The van der Waals surface area contributed by atoms with E-state index in [-0.39, 0.29) is 11.9 Å². The molecule has 1 aliphatic rings. The largest absolute Gasteiger partial charge is 0.341 e. The van der Waals surface area contributed by atoms with Crippen molar-refractivity contribution in [3.05, 3.63) is 52.5 Å². The summed E-state index contributed by atoms with van der Waals surface area (Å²) in [6.45, 7) is 3.05. The third kappa shape index (κ3) is 5.03. The highest BCUT2D eigenvalue weighted by Gasteiger charge is 2.22. The normalized spacial score (nSPS) is 14.9. The van der Waals surface area contributed by atoms with Gasteiger partial charge in [-0.25, -0.2) is 4.79 Å². The molecule has 7 heteroatoms. The van der Waals surface area contributed by atoms with Crippen LogP contribution in [-0.2, 0) is 17.8 Å². The lowest BCUT2D eigenvalue weighted by Crippen LogP contribution is -2.42. The van der Waals surface area contributed by atoms with E-state index in [4.69, 9.17) is 0 Å². The minimum Gasteiger partial charge on any atom is -0.341 e. The molecule has 0 spiro atoms. The molecule has 0 aliphatic carbocycles. The summed E-state index contributed by atoms with van der Waals surface area (Å²) in [6.07, 6.45) is 4.58. The van der Waals surface area contributed by atoms with E-state index in [0.29, 0.717) is 39.1 Å². The van der Waals surface area contributed by atoms with E-state index in [2.05, 4.69) is 10.3 Å². The Bertz CT molecular complexity index is 690. The summed E-state index contributed by atoms with van der Waals surface area (Å²) < 4.78 is 0. The number of carbonyl (C=O) groups is 2. The Morgan fingerprint density at radius 2 is 1.96 bits per heavy atom. The van der Waals surface area contributed by atoms with E-state index in [1.54, 1.807) is 28.6 Å². The molecule has 1 N–H and O–H groups in total. The van der Waals surface area contributed by atoms with Gasteiger partial charge in [-0.15, -0.1) is 11.3 Å². The molecule has 1 fully saturated rings. The highest BCUT2D eigenvalue weighted by molar-refractivity contribution is 7.09. The average molecular weight is 358 g/mol. The Kier molecular flexibility index (Phi) is 6.00. The zero-order valence-corrected chi connectivity index (χ0v) is 14.9. The Labute approximate surface area is 151 Å². The van der Waals surface area contributed by atoms with Gasteiger partial charge in [0.05, 0.1) is 13.0 Å². The molecule has 0 bridgehead atoms. The van der Waals surface area contributed by atoms with Crippen molar-refractivity contribution in [3.8, 4) is 0 Å². The van der Waals surface area contributed by atoms with E-state index < -0.39 is 0 Å². The number of amides is 3. The molecule has 1 aliphatic heterocycles. The summed E-state index contributed by atoms with van der Waals surface area (Å²) in [6, 6.07) is 7.67. The number of hydrogen-bond donors (Lipinski definition) is 1. The van der Waals surface area contributed by atoms with Crippen LogP contribution in [0.15, 0.2) is 42.0 Å². The number of hydrogen-bond acceptors (Lipinski definition) is 4. The predicted octanol–water partition coefficient (Wildman–Crippen LogP) is 2.13. The van der Waals surface area contributed by atoms with Gasteiger partial charge in [0.2, 0.25) is 5.91 Å². The van der Waals surface area contributed by atoms with Crippen LogP contribution in [-0.4, -0.2) is 52.9 Å². The fourth-order valence-corrected chi connectivity index (χ4v) is 3.49. The van der Waals surface area contributed by atoms with Gasteiger partial charge in [0.25, 0.3) is 0 Å². The van der Waals surface area contributed by atoms with Crippen LogP contribution in [0.2, 0.25) is 0 Å². The lowest BCUT2D eigenvalue weighted by molar-refractivity contribution is -0.130. The zero-order chi connectivity index (χ0) is 17.5. The maximum atomic E-state index is 12.5. The minimum absolute atomic E-state index is 0.0602. The Morgan fingerprint density at radius 3 is 2.72 bits per heavy atom. The summed E-state index contributed by atoms with van der Waals surface area (Å²) in [5, 5.41) is 4.95. The van der Waals surface area contributed by atoms with Gasteiger partial charge in [-0.1, -0.05) is 12.1 Å². The SMILES string of the molecule is O=C(Cc1cccnc1)N1CCCN(C(=O)NCc2cccs2)CC1. The van der Waals surface area contributed by atoms with E-state index >= 15 is 0 Å². The van der Waals surface area contributed by atoms with E-state index in [1.807, 2.05) is 34.5 Å². The summed E-state index contributed by atoms with van der Waals surface area (Å²) in [5.41, 5.74) is 0.919. The van der Waals surface area contributed by atoms with Gasteiger partial charge in [0, 0.05) is 43.4 Å². The Morgan fingerprint density at radius 1 is 1.12 bits per heavy atom. The number of nitrogens with one attached hydrogen (secondary N) is 1. The van der Waals surface area contributed by atoms with Crippen molar-refractivity contribution in [2.75, 3.05) is 26.2 Å². The van der Waals surface area contributed by atoms with Crippen LogP contribution in [0.4, 0.5) is 4.79 Å². The Hall–Kier alpha value is -2.41. The third-order valence-electron chi connectivity index (χ3n) is 4.21. The second-order valence-electron chi connectivity index (χ2n) is 6.00. The van der Waals surface area contributed by atoms with Gasteiger partial charge >= 0.3 is 6.03 Å². The lowest BCUT2D eigenvalue weighted by Gasteiger charge is -2.22. The number of thiophene rings is 1. The molecule has 0 unspecified atom stereocenters. The van der Waals surface area contributed by atoms with Crippen molar-refractivity contribution in [3.63, 3.8) is 0 Å². The smallest absolute Gasteiger partial charge is 0.317 e. The first-order valence-corrected chi connectivity index (χ1v) is 9.32. The first kappa shape index (κ1) is 17.4. The first-order valence-electron chi connectivity index (χ1n) is 8.44. The number of nitrogens with zero attached hydrogens (tertiary/aromatic N) is 3. The second-order valence-corrected chi connectivity index (χ2v) is 7.03. The average Bonchev–Trinajstić information content (AvgIpc) is 3.02. The standard InChI is InChI=1S/C18H22N4O2S/c23-17(12-15-4-1-6-19-13-15)21-7-3-8-22(10-9-21)18(24)20-14-16-5-2-11-25-16/h1-2,4-6,11,13H,3,7-10,12,14H2,(H,20,24). The topological polar surface area (TPSA) is 65.5 Å². The molecule has 25 heavy (non-hydrogen) atoms. The van der Waals surface area contributed by atoms with Gasteiger partial charge in [0.15, 0.2) is 0 Å². The van der Waals surface area contributed by atoms with Gasteiger partial charge < -0.3 is 15.1 Å². The van der Waals surface area contributed by atoms with Crippen LogP contribution >= 0.6 is 11.3 Å². The molecular weight excluding hydrogens is 336 g/mol. The van der Waals surface area contributed by atoms with Crippen LogP contribution in [0, 0.1) is 0 Å². The van der Waals surface area contributed by atoms with Crippen LogP contribution in [0.5, 0.6) is 0 Å². The minimum atomic E-state index is -0.0602. The van der Waals surface area contributed by atoms with Gasteiger partial charge in [-0.05, 0) is 29.5 Å². The fraction of sp³-hybridized carbons (Fsp3) is 0.389. The van der Waals surface area contributed by atoms with Crippen molar-refractivity contribution >= 4 is 23.3 Å². The number of aromatic nitrogens is 1. The Balaban J connectivity index is 1.48. The molecule has 0 saturated carbocycles. The molecule has 2 aromatic rings. The van der Waals surface area contributed by atoms with E-state index in [0.717, 1.165) is 16.9 Å². The van der Waals surface area contributed by atoms with E-state index in [1.165, 1.54) is 0 Å². The molecule has 3 rings (SSSR count). The van der Waals surface area contributed by atoms with Crippen LogP contribution in [0.25, 0.3) is 0 Å². The second kappa shape index (κ2) is 8.62. The van der Waals surface area contributed by atoms with Crippen molar-refractivity contribution in [2.45, 2.75) is 19.4 Å². The molecule has 0 aromatic carbocycles.